The Kier molecular flexibility index (Phi) is 7.22. The standard InChI is InChI=1S/C23H27FN2O3/c1-29-21-5-3-2-4-20(21)26-23(28)18-10-8-17(9-11-18)22(27)25-15-14-16-6-12-19(24)13-7-16/h2-7,12-13,17-18H,8-11,14-15H2,1H3,(H,25,27)(H,26,28). The van der Waals surface area contributed by atoms with Crippen LogP contribution in [0.2, 0.25) is 0 Å². The summed E-state index contributed by atoms with van der Waals surface area (Å²) in [5, 5.41) is 5.91. The second-order valence-corrected chi connectivity index (χ2v) is 7.41. The zero-order valence-electron chi connectivity index (χ0n) is 16.6. The van der Waals surface area contributed by atoms with Crippen molar-refractivity contribution in [1.29, 1.82) is 0 Å². The van der Waals surface area contributed by atoms with Gasteiger partial charge in [0.2, 0.25) is 11.8 Å². The van der Waals surface area contributed by atoms with Crippen LogP contribution in [0.4, 0.5) is 10.1 Å². The van der Waals surface area contributed by atoms with Crippen molar-refractivity contribution in [2.45, 2.75) is 32.1 Å². The molecule has 1 aliphatic carbocycles. The van der Waals surface area contributed by atoms with Gasteiger partial charge in [-0.05, 0) is 61.9 Å². The van der Waals surface area contributed by atoms with Gasteiger partial charge in [-0.3, -0.25) is 9.59 Å². The van der Waals surface area contributed by atoms with Gasteiger partial charge in [0, 0.05) is 18.4 Å². The Morgan fingerprint density at radius 1 is 0.966 bits per heavy atom. The molecule has 2 amide bonds. The number of carbonyl (C=O) groups is 2. The summed E-state index contributed by atoms with van der Waals surface area (Å²) in [5.41, 5.74) is 1.66. The van der Waals surface area contributed by atoms with Crippen molar-refractivity contribution in [3.8, 4) is 5.75 Å². The Morgan fingerprint density at radius 2 is 1.59 bits per heavy atom. The maximum absolute atomic E-state index is 12.9. The molecular formula is C23H27FN2O3. The van der Waals surface area contributed by atoms with Crippen LogP contribution in [-0.4, -0.2) is 25.5 Å². The molecule has 0 unspecified atom stereocenters. The molecule has 2 aromatic rings. The molecule has 0 bridgehead atoms. The third-order valence-corrected chi connectivity index (χ3v) is 5.46. The van der Waals surface area contributed by atoms with Gasteiger partial charge in [0.1, 0.15) is 11.6 Å². The zero-order chi connectivity index (χ0) is 20.6. The van der Waals surface area contributed by atoms with E-state index in [9.17, 15) is 14.0 Å². The average molecular weight is 398 g/mol. The van der Waals surface area contributed by atoms with Crippen molar-refractivity contribution < 1.29 is 18.7 Å². The molecule has 0 spiro atoms. The van der Waals surface area contributed by atoms with Gasteiger partial charge in [0.25, 0.3) is 0 Å². The predicted octanol–water partition coefficient (Wildman–Crippen LogP) is 3.94. The first-order valence-corrected chi connectivity index (χ1v) is 10.0. The first-order valence-electron chi connectivity index (χ1n) is 10.0. The second kappa shape index (κ2) is 10.0. The molecule has 2 aromatic carbocycles. The van der Waals surface area contributed by atoms with E-state index in [2.05, 4.69) is 10.6 Å². The molecule has 154 valence electrons. The van der Waals surface area contributed by atoms with Crippen molar-refractivity contribution in [3.05, 3.63) is 59.9 Å². The number of rotatable bonds is 7. The summed E-state index contributed by atoms with van der Waals surface area (Å²) >= 11 is 0. The summed E-state index contributed by atoms with van der Waals surface area (Å²) in [5.74, 6) is 0.237. The fourth-order valence-corrected chi connectivity index (χ4v) is 3.73. The summed E-state index contributed by atoms with van der Waals surface area (Å²) in [6.45, 7) is 0.526. The van der Waals surface area contributed by atoms with Crippen LogP contribution in [0.15, 0.2) is 48.5 Å². The number of nitrogens with one attached hydrogen (secondary N) is 2. The lowest BCUT2D eigenvalue weighted by molar-refractivity contribution is -0.128. The minimum atomic E-state index is -0.260. The molecule has 2 N–H and O–H groups in total. The molecule has 29 heavy (non-hydrogen) atoms. The lowest BCUT2D eigenvalue weighted by Gasteiger charge is -2.27. The van der Waals surface area contributed by atoms with Gasteiger partial charge in [-0.1, -0.05) is 24.3 Å². The predicted molar refractivity (Wildman–Crippen MR) is 110 cm³/mol. The smallest absolute Gasteiger partial charge is 0.227 e. The Bertz CT molecular complexity index is 830. The van der Waals surface area contributed by atoms with E-state index in [0.717, 1.165) is 5.56 Å². The molecule has 1 aliphatic rings. The van der Waals surface area contributed by atoms with Crippen LogP contribution >= 0.6 is 0 Å². The second-order valence-electron chi connectivity index (χ2n) is 7.41. The van der Waals surface area contributed by atoms with E-state index in [1.54, 1.807) is 19.2 Å². The molecule has 3 rings (SSSR count). The Labute approximate surface area is 170 Å². The van der Waals surface area contributed by atoms with Crippen molar-refractivity contribution in [2.24, 2.45) is 11.8 Å². The first-order chi connectivity index (χ1) is 14.1. The third kappa shape index (κ3) is 5.79. The molecule has 0 radical (unpaired) electrons. The number of anilines is 1. The van der Waals surface area contributed by atoms with Crippen molar-refractivity contribution >= 4 is 17.5 Å². The largest absolute Gasteiger partial charge is 0.495 e. The number of halogens is 1. The number of hydrogen-bond donors (Lipinski definition) is 2. The average Bonchev–Trinajstić information content (AvgIpc) is 2.75. The van der Waals surface area contributed by atoms with Crippen LogP contribution in [0.1, 0.15) is 31.2 Å². The normalized spacial score (nSPS) is 18.7. The van der Waals surface area contributed by atoms with Gasteiger partial charge < -0.3 is 15.4 Å². The SMILES string of the molecule is COc1ccccc1NC(=O)C1CCC(C(=O)NCCc2ccc(F)cc2)CC1. The highest BCUT2D eigenvalue weighted by Crippen LogP contribution is 2.31. The minimum absolute atomic E-state index is 0.0235. The van der Waals surface area contributed by atoms with E-state index >= 15 is 0 Å². The highest BCUT2D eigenvalue weighted by molar-refractivity contribution is 5.94. The van der Waals surface area contributed by atoms with Crippen LogP contribution in [0, 0.1) is 17.7 Å². The molecule has 5 nitrogen and oxygen atoms in total. The van der Waals surface area contributed by atoms with Gasteiger partial charge in [-0.25, -0.2) is 4.39 Å². The lowest BCUT2D eigenvalue weighted by atomic mass is 9.81. The quantitative estimate of drug-likeness (QED) is 0.742. The van der Waals surface area contributed by atoms with Gasteiger partial charge in [-0.15, -0.1) is 0 Å². The number of ether oxygens (including phenoxy) is 1. The first kappa shape index (κ1) is 20.8. The van der Waals surface area contributed by atoms with Gasteiger partial charge >= 0.3 is 0 Å². The zero-order valence-corrected chi connectivity index (χ0v) is 16.6. The number of benzene rings is 2. The molecule has 1 saturated carbocycles. The van der Waals surface area contributed by atoms with E-state index in [-0.39, 0.29) is 29.5 Å². The van der Waals surface area contributed by atoms with Crippen molar-refractivity contribution in [3.63, 3.8) is 0 Å². The Morgan fingerprint density at radius 3 is 2.24 bits per heavy atom. The van der Waals surface area contributed by atoms with Gasteiger partial charge in [0.05, 0.1) is 12.8 Å². The Hall–Kier alpha value is -2.89. The minimum Gasteiger partial charge on any atom is -0.495 e. The molecule has 0 atom stereocenters. The fourth-order valence-electron chi connectivity index (χ4n) is 3.73. The third-order valence-electron chi connectivity index (χ3n) is 5.46. The summed E-state index contributed by atoms with van der Waals surface area (Å²) in [7, 11) is 1.57. The van der Waals surface area contributed by atoms with Gasteiger partial charge in [0.15, 0.2) is 0 Å². The number of amides is 2. The van der Waals surface area contributed by atoms with Crippen LogP contribution in [0.3, 0.4) is 0 Å². The highest BCUT2D eigenvalue weighted by atomic mass is 19.1. The molecule has 0 aromatic heterocycles. The van der Waals surface area contributed by atoms with E-state index in [4.69, 9.17) is 4.74 Å². The van der Waals surface area contributed by atoms with Crippen LogP contribution < -0.4 is 15.4 Å². The van der Waals surface area contributed by atoms with E-state index in [0.29, 0.717) is 50.1 Å². The molecule has 0 saturated heterocycles. The summed E-state index contributed by atoms with van der Waals surface area (Å²) < 4.78 is 18.2. The number of carbonyl (C=O) groups excluding carboxylic acids is 2. The van der Waals surface area contributed by atoms with Gasteiger partial charge in [-0.2, -0.15) is 0 Å². The molecule has 0 heterocycles. The van der Waals surface area contributed by atoms with Crippen molar-refractivity contribution in [2.75, 3.05) is 19.0 Å². The number of para-hydroxylation sites is 2. The number of hydrogen-bond acceptors (Lipinski definition) is 3. The summed E-state index contributed by atoms with van der Waals surface area (Å²) in [4.78, 5) is 25.0. The topological polar surface area (TPSA) is 67.4 Å². The monoisotopic (exact) mass is 398 g/mol. The maximum atomic E-state index is 12.9. The molecule has 1 fully saturated rings. The van der Waals surface area contributed by atoms with E-state index in [1.807, 2.05) is 24.3 Å². The van der Waals surface area contributed by atoms with Crippen LogP contribution in [0.5, 0.6) is 5.75 Å². The fraction of sp³-hybridized carbons (Fsp3) is 0.391. The highest BCUT2D eigenvalue weighted by Gasteiger charge is 2.30. The molecular weight excluding hydrogens is 371 g/mol. The van der Waals surface area contributed by atoms with E-state index in [1.165, 1.54) is 12.1 Å². The van der Waals surface area contributed by atoms with Crippen LogP contribution in [0.25, 0.3) is 0 Å². The summed E-state index contributed by atoms with van der Waals surface area (Å²) in [6, 6.07) is 13.6. The van der Waals surface area contributed by atoms with Crippen LogP contribution in [-0.2, 0) is 16.0 Å². The maximum Gasteiger partial charge on any atom is 0.227 e. The van der Waals surface area contributed by atoms with Crippen molar-refractivity contribution in [1.82, 2.24) is 5.32 Å². The Balaban J connectivity index is 1.41. The number of methoxy groups -OCH3 is 1. The molecule has 0 aliphatic heterocycles. The van der Waals surface area contributed by atoms with E-state index < -0.39 is 0 Å². The summed E-state index contributed by atoms with van der Waals surface area (Å²) in [6.07, 6.45) is 3.45. The lowest BCUT2D eigenvalue weighted by Crippen LogP contribution is -2.36. The molecule has 6 heteroatoms.